The lowest BCUT2D eigenvalue weighted by atomic mass is 10.1. The zero-order valence-corrected chi connectivity index (χ0v) is 17.0. The van der Waals surface area contributed by atoms with Crippen LogP contribution in [0.2, 0.25) is 0 Å². The van der Waals surface area contributed by atoms with E-state index in [1.807, 2.05) is 25.8 Å². The maximum Gasteiger partial charge on any atom is 0.283 e. The number of benzene rings is 1. The molecule has 1 fully saturated rings. The molecule has 2 heterocycles. The molecule has 2 aromatic rings. The summed E-state index contributed by atoms with van der Waals surface area (Å²) in [7, 11) is -1.92. The van der Waals surface area contributed by atoms with Gasteiger partial charge in [-0.3, -0.25) is 4.79 Å². The van der Waals surface area contributed by atoms with Crippen molar-refractivity contribution in [1.29, 1.82) is 0 Å². The van der Waals surface area contributed by atoms with E-state index < -0.39 is 10.0 Å². The molecule has 0 saturated carbocycles. The van der Waals surface area contributed by atoms with E-state index in [9.17, 15) is 13.2 Å². The van der Waals surface area contributed by atoms with Gasteiger partial charge in [-0.05, 0) is 51.0 Å². The van der Waals surface area contributed by atoms with Crippen LogP contribution in [0, 0.1) is 13.8 Å². The Kier molecular flexibility index (Phi) is 5.83. The summed E-state index contributed by atoms with van der Waals surface area (Å²) in [4.78, 5) is 14.1. The molecule has 8 nitrogen and oxygen atoms in total. The molecule has 0 atom stereocenters. The Morgan fingerprint density at radius 1 is 1.29 bits per heavy atom. The molecule has 9 heteroatoms. The van der Waals surface area contributed by atoms with Crippen LogP contribution in [0.25, 0.3) is 0 Å². The average Bonchev–Trinajstić information content (AvgIpc) is 3.18. The highest BCUT2D eigenvalue weighted by atomic mass is 32.2. The summed E-state index contributed by atoms with van der Waals surface area (Å²) >= 11 is 0. The predicted molar refractivity (Wildman–Crippen MR) is 106 cm³/mol. The van der Waals surface area contributed by atoms with Gasteiger partial charge >= 0.3 is 0 Å². The normalized spacial score (nSPS) is 16.0. The molecule has 1 aromatic carbocycles. The fraction of sp³-hybridized carbons (Fsp3) is 0.421. The molecule has 1 amide bonds. The van der Waals surface area contributed by atoms with Crippen molar-refractivity contribution in [3.05, 3.63) is 41.3 Å². The number of anilines is 1. The standard InChI is InChI=1S/C19H24N4O4S/c1-13-17(14(2)27-21-13)10-11-19(24)20-15-6-8-16(9-7-15)28(25,26)22-18-5-4-12-23(18)3/h6-9H,4-5,10-12H2,1-3H3,(H,20,24)/b22-18-. The molecule has 28 heavy (non-hydrogen) atoms. The van der Waals surface area contributed by atoms with E-state index in [1.165, 1.54) is 12.1 Å². The summed E-state index contributed by atoms with van der Waals surface area (Å²) in [6.07, 6.45) is 2.38. The molecule has 0 radical (unpaired) electrons. The van der Waals surface area contributed by atoms with E-state index in [4.69, 9.17) is 4.52 Å². The first-order chi connectivity index (χ1) is 13.3. The van der Waals surface area contributed by atoms with Gasteiger partial charge < -0.3 is 14.7 Å². The average molecular weight is 404 g/mol. The molecule has 150 valence electrons. The maximum absolute atomic E-state index is 12.4. The molecule has 1 aliphatic rings. The number of amidine groups is 1. The van der Waals surface area contributed by atoms with Gasteiger partial charge in [-0.2, -0.15) is 8.42 Å². The molecule has 0 unspecified atom stereocenters. The zero-order chi connectivity index (χ0) is 20.3. The second-order valence-electron chi connectivity index (χ2n) is 6.88. The molecule has 1 saturated heterocycles. The summed E-state index contributed by atoms with van der Waals surface area (Å²) in [6.45, 7) is 4.47. The third-order valence-electron chi connectivity index (χ3n) is 4.78. The minimum Gasteiger partial charge on any atom is -0.362 e. The van der Waals surface area contributed by atoms with Gasteiger partial charge in [0.1, 0.15) is 11.6 Å². The van der Waals surface area contributed by atoms with Gasteiger partial charge in [-0.1, -0.05) is 5.16 Å². The van der Waals surface area contributed by atoms with E-state index in [0.29, 0.717) is 24.4 Å². The Hall–Kier alpha value is -2.68. The number of aromatic nitrogens is 1. The van der Waals surface area contributed by atoms with Crippen LogP contribution in [0.4, 0.5) is 5.69 Å². The second kappa shape index (κ2) is 8.14. The fourth-order valence-corrected chi connectivity index (χ4v) is 4.23. The molecule has 0 spiro atoms. The first-order valence-electron chi connectivity index (χ1n) is 9.13. The number of carbonyl (C=O) groups excluding carboxylic acids is 1. The van der Waals surface area contributed by atoms with Crippen molar-refractivity contribution in [1.82, 2.24) is 10.1 Å². The van der Waals surface area contributed by atoms with Gasteiger partial charge in [0.2, 0.25) is 5.91 Å². The number of amides is 1. The summed E-state index contributed by atoms with van der Waals surface area (Å²) in [5.74, 6) is 1.13. The Bertz CT molecular complexity index is 974. The van der Waals surface area contributed by atoms with Crippen molar-refractivity contribution < 1.29 is 17.7 Å². The van der Waals surface area contributed by atoms with Gasteiger partial charge in [-0.25, -0.2) is 0 Å². The van der Waals surface area contributed by atoms with E-state index in [-0.39, 0.29) is 17.2 Å². The van der Waals surface area contributed by atoms with Crippen molar-refractivity contribution >= 4 is 27.5 Å². The van der Waals surface area contributed by atoms with Crippen molar-refractivity contribution in [3.63, 3.8) is 0 Å². The maximum atomic E-state index is 12.4. The number of rotatable bonds is 6. The van der Waals surface area contributed by atoms with Gasteiger partial charge in [-0.15, -0.1) is 4.40 Å². The number of likely N-dealkylation sites (tertiary alicyclic amines) is 1. The number of hydrogen-bond donors (Lipinski definition) is 1. The first-order valence-corrected chi connectivity index (χ1v) is 10.6. The third kappa shape index (κ3) is 4.59. The lowest BCUT2D eigenvalue weighted by molar-refractivity contribution is -0.116. The molecule has 1 N–H and O–H groups in total. The summed E-state index contributed by atoms with van der Waals surface area (Å²) < 4.78 is 33.9. The fourth-order valence-electron chi connectivity index (χ4n) is 3.13. The number of carbonyl (C=O) groups is 1. The zero-order valence-electron chi connectivity index (χ0n) is 16.2. The molecule has 0 bridgehead atoms. The number of hydrogen-bond acceptors (Lipinski definition) is 5. The first kappa shape index (κ1) is 20.1. The number of sulfonamides is 1. The Balaban J connectivity index is 1.62. The van der Waals surface area contributed by atoms with E-state index in [1.54, 1.807) is 12.1 Å². The van der Waals surface area contributed by atoms with E-state index in [0.717, 1.165) is 30.0 Å². The minimum absolute atomic E-state index is 0.106. The van der Waals surface area contributed by atoms with Gasteiger partial charge in [0, 0.05) is 37.7 Å². The summed E-state index contributed by atoms with van der Waals surface area (Å²) in [5.41, 5.74) is 2.26. The highest BCUT2D eigenvalue weighted by Crippen LogP contribution is 2.20. The Labute approximate surface area is 164 Å². The van der Waals surface area contributed by atoms with Crippen LogP contribution < -0.4 is 5.32 Å². The van der Waals surface area contributed by atoms with Gasteiger partial charge in [0.15, 0.2) is 0 Å². The molecular formula is C19H24N4O4S. The van der Waals surface area contributed by atoms with Crippen molar-refractivity contribution in [2.24, 2.45) is 4.40 Å². The quantitative estimate of drug-likeness (QED) is 0.794. The molecule has 0 aliphatic carbocycles. The van der Waals surface area contributed by atoms with Crippen LogP contribution in [-0.2, 0) is 21.2 Å². The van der Waals surface area contributed by atoms with Crippen LogP contribution in [-0.4, -0.2) is 43.8 Å². The van der Waals surface area contributed by atoms with Crippen LogP contribution in [0.1, 0.15) is 36.3 Å². The minimum atomic E-state index is -3.75. The van der Waals surface area contributed by atoms with Gasteiger partial charge in [0.05, 0.1) is 10.6 Å². The highest BCUT2D eigenvalue weighted by molar-refractivity contribution is 7.90. The molecule has 1 aliphatic heterocycles. The summed E-state index contributed by atoms with van der Waals surface area (Å²) in [5, 5.41) is 6.65. The van der Waals surface area contributed by atoms with Crippen molar-refractivity contribution in [3.8, 4) is 0 Å². The monoisotopic (exact) mass is 404 g/mol. The molecule has 1 aromatic heterocycles. The lowest BCUT2D eigenvalue weighted by Gasteiger charge is -2.11. The Morgan fingerprint density at radius 2 is 2.00 bits per heavy atom. The lowest BCUT2D eigenvalue weighted by Crippen LogP contribution is -2.20. The van der Waals surface area contributed by atoms with Gasteiger partial charge in [0.25, 0.3) is 10.0 Å². The number of aryl methyl sites for hydroxylation is 2. The van der Waals surface area contributed by atoms with Crippen LogP contribution in [0.15, 0.2) is 38.1 Å². The Morgan fingerprint density at radius 3 is 2.57 bits per heavy atom. The predicted octanol–water partition coefficient (Wildman–Crippen LogP) is 2.68. The molecule has 3 rings (SSSR count). The van der Waals surface area contributed by atoms with Crippen LogP contribution in [0.5, 0.6) is 0 Å². The number of nitrogens with zero attached hydrogens (tertiary/aromatic N) is 3. The smallest absolute Gasteiger partial charge is 0.283 e. The van der Waals surface area contributed by atoms with E-state index >= 15 is 0 Å². The SMILES string of the molecule is Cc1noc(C)c1CCC(=O)Nc1ccc(S(=O)(=O)/N=C2/CCCN2C)cc1. The largest absolute Gasteiger partial charge is 0.362 e. The second-order valence-corrected chi connectivity index (χ2v) is 8.49. The third-order valence-corrected chi connectivity index (χ3v) is 6.10. The van der Waals surface area contributed by atoms with Crippen molar-refractivity contribution in [2.75, 3.05) is 18.9 Å². The topological polar surface area (TPSA) is 105 Å². The van der Waals surface area contributed by atoms with E-state index in [2.05, 4.69) is 14.9 Å². The van der Waals surface area contributed by atoms with Crippen LogP contribution >= 0.6 is 0 Å². The number of nitrogens with one attached hydrogen (secondary N) is 1. The van der Waals surface area contributed by atoms with Crippen LogP contribution in [0.3, 0.4) is 0 Å². The van der Waals surface area contributed by atoms with Crippen molar-refractivity contribution in [2.45, 2.75) is 44.4 Å². The molecular weight excluding hydrogens is 380 g/mol. The summed E-state index contributed by atoms with van der Waals surface area (Å²) in [6, 6.07) is 6.05. The highest BCUT2D eigenvalue weighted by Gasteiger charge is 2.20.